The number of thiophene rings is 1. The van der Waals surface area contributed by atoms with Crippen LogP contribution < -0.4 is 10.1 Å². The van der Waals surface area contributed by atoms with E-state index >= 15 is 0 Å². The van der Waals surface area contributed by atoms with E-state index in [-0.39, 0.29) is 12.4 Å². The van der Waals surface area contributed by atoms with Crippen LogP contribution in [0.2, 0.25) is 0 Å². The van der Waals surface area contributed by atoms with Crippen LogP contribution >= 0.6 is 23.7 Å². The summed E-state index contributed by atoms with van der Waals surface area (Å²) in [5, 5.41) is 6.88. The number of hydrogen-bond acceptors (Lipinski definition) is 4. The maximum atomic E-state index is 6.17. The number of rotatable bonds is 8. The van der Waals surface area contributed by atoms with Crippen molar-refractivity contribution >= 4 is 34.0 Å². The molecule has 2 aliphatic rings. The van der Waals surface area contributed by atoms with Gasteiger partial charge >= 0.3 is 0 Å². The van der Waals surface area contributed by atoms with Gasteiger partial charge in [0.15, 0.2) is 5.82 Å². The Morgan fingerprint density at radius 3 is 2.60 bits per heavy atom. The minimum atomic E-state index is 0. The van der Waals surface area contributed by atoms with Gasteiger partial charge in [0.2, 0.25) is 0 Å². The van der Waals surface area contributed by atoms with E-state index < -0.39 is 0 Å². The molecule has 6 rings (SSSR count). The number of hydrogen-bond donors (Lipinski definition) is 1. The maximum Gasteiger partial charge on any atom is 0.157 e. The lowest BCUT2D eigenvalue weighted by Gasteiger charge is -2.23. The van der Waals surface area contributed by atoms with Gasteiger partial charge in [0.1, 0.15) is 16.7 Å². The van der Waals surface area contributed by atoms with Crippen LogP contribution in [0.5, 0.6) is 5.75 Å². The third kappa shape index (κ3) is 5.16. The molecule has 4 heterocycles. The fourth-order valence-electron chi connectivity index (χ4n) is 5.27. The minimum absolute atomic E-state index is 0. The van der Waals surface area contributed by atoms with Crippen LogP contribution in [-0.4, -0.2) is 33.3 Å². The molecule has 5 nitrogen and oxygen atoms in total. The number of halogens is 1. The summed E-state index contributed by atoms with van der Waals surface area (Å²) in [6, 6.07) is 13.3. The van der Waals surface area contributed by atoms with Crippen molar-refractivity contribution in [2.75, 3.05) is 13.1 Å². The summed E-state index contributed by atoms with van der Waals surface area (Å²) in [4.78, 5) is 6.48. The Hall–Kier alpha value is -2.28. The molecule has 0 spiro atoms. The molecule has 0 bridgehead atoms. The molecular weight excluding hydrogens is 476 g/mol. The zero-order chi connectivity index (χ0) is 22.9. The second-order valence-corrected chi connectivity index (χ2v) is 10.8. The largest absolute Gasteiger partial charge is 0.490 e. The van der Waals surface area contributed by atoms with Crippen LogP contribution in [-0.2, 0) is 20.0 Å². The number of ether oxygens (including phenoxy) is 1. The lowest BCUT2D eigenvalue weighted by Crippen LogP contribution is -2.34. The molecule has 0 radical (unpaired) electrons. The fourth-order valence-corrected chi connectivity index (χ4v) is 6.13. The van der Waals surface area contributed by atoms with Crippen molar-refractivity contribution in [2.45, 2.75) is 63.5 Å². The zero-order valence-corrected chi connectivity index (χ0v) is 22.0. The number of fused-ring (bicyclic) bond motifs is 1. The van der Waals surface area contributed by atoms with E-state index in [0.29, 0.717) is 12.0 Å². The second-order valence-electron chi connectivity index (χ2n) is 9.90. The van der Waals surface area contributed by atoms with Gasteiger partial charge in [-0.25, -0.2) is 4.98 Å². The van der Waals surface area contributed by atoms with E-state index in [9.17, 15) is 0 Å². The highest BCUT2D eigenvalue weighted by atomic mass is 35.5. The van der Waals surface area contributed by atoms with Crippen molar-refractivity contribution < 1.29 is 4.74 Å². The Kier molecular flexibility index (Phi) is 7.51. The molecule has 1 saturated heterocycles. The van der Waals surface area contributed by atoms with Gasteiger partial charge in [-0.1, -0.05) is 18.6 Å². The number of nitrogens with zero attached hydrogens (tertiary/aromatic N) is 3. The van der Waals surface area contributed by atoms with Crippen molar-refractivity contribution in [3.05, 3.63) is 59.2 Å². The van der Waals surface area contributed by atoms with Crippen molar-refractivity contribution in [2.24, 2.45) is 7.05 Å². The van der Waals surface area contributed by atoms with Crippen molar-refractivity contribution in [1.29, 1.82) is 0 Å². The molecule has 4 aromatic rings. The van der Waals surface area contributed by atoms with E-state index in [2.05, 4.69) is 69.5 Å². The highest BCUT2D eigenvalue weighted by molar-refractivity contribution is 7.16. The summed E-state index contributed by atoms with van der Waals surface area (Å²) < 4.78 is 10.9. The molecule has 1 saturated carbocycles. The van der Waals surface area contributed by atoms with Crippen molar-refractivity contribution in [3.63, 3.8) is 0 Å². The van der Waals surface area contributed by atoms with Gasteiger partial charge < -0.3 is 19.2 Å². The molecule has 2 fully saturated rings. The van der Waals surface area contributed by atoms with E-state index in [1.165, 1.54) is 46.4 Å². The first-order valence-corrected chi connectivity index (χ1v) is 13.7. The predicted octanol–water partition coefficient (Wildman–Crippen LogP) is 6.56. The number of aromatic nitrogens is 3. The first-order valence-electron chi connectivity index (χ1n) is 12.8. The number of nitrogens with one attached hydrogen (secondary N) is 1. The van der Waals surface area contributed by atoms with Gasteiger partial charge in [-0.3, -0.25) is 0 Å². The summed E-state index contributed by atoms with van der Waals surface area (Å²) >= 11 is 1.80. The number of aryl methyl sites for hydroxylation is 3. The predicted molar refractivity (Wildman–Crippen MR) is 147 cm³/mol. The van der Waals surface area contributed by atoms with Gasteiger partial charge in [0.05, 0.1) is 11.4 Å². The molecule has 1 aliphatic heterocycles. The Morgan fingerprint density at radius 2 is 1.89 bits per heavy atom. The minimum Gasteiger partial charge on any atom is -0.490 e. The molecule has 1 aromatic carbocycles. The van der Waals surface area contributed by atoms with Crippen LogP contribution in [0.15, 0.2) is 48.0 Å². The Labute approximate surface area is 217 Å². The lowest BCUT2D eigenvalue weighted by atomic mass is 9.83. The molecule has 1 aliphatic carbocycles. The zero-order valence-electron chi connectivity index (χ0n) is 20.4. The maximum absolute atomic E-state index is 6.17. The molecule has 1 N–H and O–H groups in total. The van der Waals surface area contributed by atoms with Gasteiger partial charge in [0.25, 0.3) is 0 Å². The molecule has 3 aromatic heterocycles. The molecule has 0 atom stereocenters. The van der Waals surface area contributed by atoms with Crippen LogP contribution in [0.4, 0.5) is 0 Å². The Bertz CT molecular complexity index is 1250. The normalized spacial score (nSPS) is 16.8. The van der Waals surface area contributed by atoms with Gasteiger partial charge in [0, 0.05) is 31.1 Å². The summed E-state index contributed by atoms with van der Waals surface area (Å²) in [5.41, 5.74) is 3.88. The topological polar surface area (TPSA) is 44.0 Å². The van der Waals surface area contributed by atoms with Crippen LogP contribution in [0.25, 0.3) is 21.7 Å². The molecule has 7 heteroatoms. The molecular formula is C28H35ClN4OS. The second kappa shape index (κ2) is 10.8. The first-order chi connectivity index (χ1) is 16.7. The summed E-state index contributed by atoms with van der Waals surface area (Å²) in [6.45, 7) is 3.10. The standard InChI is InChI=1S/C28H34N4OS.ClH/c1-31-26(18-22-13-17-34-28(22)31)27-30-25(21-5-2-6-21)19-32(27)16-3-4-20-7-9-23(10-8-20)33-24-11-14-29-15-12-24;/h7-10,13,17-19,21,24,29H,2-6,11-12,14-16H2,1H3;1H. The van der Waals surface area contributed by atoms with Crippen LogP contribution in [0, 0.1) is 0 Å². The van der Waals surface area contributed by atoms with Gasteiger partial charge in [-0.15, -0.1) is 23.7 Å². The van der Waals surface area contributed by atoms with Gasteiger partial charge in [-0.2, -0.15) is 0 Å². The molecule has 35 heavy (non-hydrogen) atoms. The monoisotopic (exact) mass is 510 g/mol. The van der Waals surface area contributed by atoms with Crippen molar-refractivity contribution in [3.8, 4) is 17.3 Å². The van der Waals surface area contributed by atoms with Crippen LogP contribution in [0.1, 0.15) is 55.7 Å². The van der Waals surface area contributed by atoms with E-state index in [0.717, 1.165) is 56.9 Å². The number of piperidine rings is 1. The molecule has 0 amide bonds. The fraction of sp³-hybridized carbons (Fsp3) is 0.464. The Morgan fingerprint density at radius 1 is 1.09 bits per heavy atom. The van der Waals surface area contributed by atoms with Crippen molar-refractivity contribution in [1.82, 2.24) is 19.4 Å². The quantitative estimate of drug-likeness (QED) is 0.292. The highest BCUT2D eigenvalue weighted by Crippen LogP contribution is 2.38. The SMILES string of the molecule is Cl.Cn1c(-c2nc(C3CCC3)cn2CCCc2ccc(OC3CCNCC3)cc2)cc2ccsc21. The summed E-state index contributed by atoms with van der Waals surface area (Å²) in [7, 11) is 2.17. The van der Waals surface area contributed by atoms with Crippen LogP contribution in [0.3, 0.4) is 0 Å². The van der Waals surface area contributed by atoms with E-state index in [1.54, 1.807) is 11.3 Å². The average Bonchev–Trinajstić information content (AvgIpc) is 3.51. The van der Waals surface area contributed by atoms with Gasteiger partial charge in [-0.05, 0) is 86.8 Å². The number of imidazole rings is 1. The third-order valence-electron chi connectivity index (χ3n) is 7.56. The molecule has 0 unspecified atom stereocenters. The van der Waals surface area contributed by atoms with E-state index in [4.69, 9.17) is 9.72 Å². The Balaban J connectivity index is 0.00000253. The summed E-state index contributed by atoms with van der Waals surface area (Å²) in [5.74, 6) is 2.77. The highest BCUT2D eigenvalue weighted by Gasteiger charge is 2.25. The molecule has 186 valence electrons. The third-order valence-corrected chi connectivity index (χ3v) is 8.56. The number of benzene rings is 1. The average molecular weight is 511 g/mol. The van der Waals surface area contributed by atoms with E-state index in [1.807, 2.05) is 0 Å². The first kappa shape index (κ1) is 24.4. The smallest absolute Gasteiger partial charge is 0.157 e. The summed E-state index contributed by atoms with van der Waals surface area (Å²) in [6.07, 6.45) is 10.9. The lowest BCUT2D eigenvalue weighted by molar-refractivity contribution is 0.162.